The molecule has 2 N–H and O–H groups in total. The Bertz CT molecular complexity index is 392. The van der Waals surface area contributed by atoms with Crippen molar-refractivity contribution >= 4 is 12.0 Å². The summed E-state index contributed by atoms with van der Waals surface area (Å²) in [5.41, 5.74) is -0.677. The van der Waals surface area contributed by atoms with Gasteiger partial charge in [-0.1, -0.05) is 6.92 Å². The molecular formula is C15H27N3O3. The van der Waals surface area contributed by atoms with Gasteiger partial charge in [-0.3, -0.25) is 4.79 Å². The first-order chi connectivity index (χ1) is 9.94. The van der Waals surface area contributed by atoms with Crippen LogP contribution in [0.3, 0.4) is 0 Å². The summed E-state index contributed by atoms with van der Waals surface area (Å²) in [6.07, 6.45) is 2.21. The SMILES string of the molecule is CCN1CCC(CNC(=O)N2CCC(C)(C(=O)O)CC2)C1. The lowest BCUT2D eigenvalue weighted by Crippen LogP contribution is -2.49. The van der Waals surface area contributed by atoms with Crippen LogP contribution < -0.4 is 5.32 Å². The van der Waals surface area contributed by atoms with Crippen LogP contribution in [-0.4, -0.2) is 66.2 Å². The maximum absolute atomic E-state index is 12.1. The van der Waals surface area contributed by atoms with Crippen molar-refractivity contribution < 1.29 is 14.7 Å². The Balaban J connectivity index is 1.72. The van der Waals surface area contributed by atoms with Crippen molar-refractivity contribution in [2.24, 2.45) is 11.3 Å². The summed E-state index contributed by atoms with van der Waals surface area (Å²) in [5, 5.41) is 12.2. The minimum absolute atomic E-state index is 0.0441. The third kappa shape index (κ3) is 3.87. The molecule has 2 heterocycles. The van der Waals surface area contributed by atoms with E-state index in [-0.39, 0.29) is 6.03 Å². The molecule has 0 aromatic carbocycles. The molecule has 1 unspecified atom stereocenters. The highest BCUT2D eigenvalue weighted by Crippen LogP contribution is 2.31. The summed E-state index contributed by atoms with van der Waals surface area (Å²) in [5.74, 6) is -0.212. The fourth-order valence-corrected chi connectivity index (χ4v) is 3.13. The Morgan fingerprint density at radius 3 is 2.48 bits per heavy atom. The van der Waals surface area contributed by atoms with Gasteiger partial charge in [0, 0.05) is 26.2 Å². The average molecular weight is 297 g/mol. The van der Waals surface area contributed by atoms with Crippen molar-refractivity contribution in [3.8, 4) is 0 Å². The molecule has 2 fully saturated rings. The molecule has 6 nitrogen and oxygen atoms in total. The van der Waals surface area contributed by atoms with Crippen LogP contribution in [0.15, 0.2) is 0 Å². The molecule has 2 aliphatic heterocycles. The average Bonchev–Trinajstić information content (AvgIpc) is 2.93. The molecule has 1 atom stereocenters. The molecule has 6 heteroatoms. The normalized spacial score (nSPS) is 25.8. The second-order valence-corrected chi connectivity index (χ2v) is 6.59. The number of carbonyl (C=O) groups excluding carboxylic acids is 1. The Labute approximate surface area is 126 Å². The van der Waals surface area contributed by atoms with Gasteiger partial charge >= 0.3 is 12.0 Å². The van der Waals surface area contributed by atoms with E-state index in [0.29, 0.717) is 31.8 Å². The maximum Gasteiger partial charge on any atom is 0.317 e. The first-order valence-corrected chi connectivity index (χ1v) is 7.93. The van der Waals surface area contributed by atoms with Gasteiger partial charge in [0.1, 0.15) is 0 Å². The molecular weight excluding hydrogens is 270 g/mol. The number of piperidine rings is 1. The molecule has 0 radical (unpaired) electrons. The van der Waals surface area contributed by atoms with Crippen LogP contribution in [-0.2, 0) is 4.79 Å². The monoisotopic (exact) mass is 297 g/mol. The fourth-order valence-electron chi connectivity index (χ4n) is 3.13. The molecule has 2 saturated heterocycles. The predicted octanol–water partition coefficient (Wildman–Crippen LogP) is 1.22. The number of urea groups is 1. The van der Waals surface area contributed by atoms with Crippen molar-refractivity contribution in [2.45, 2.75) is 33.1 Å². The maximum atomic E-state index is 12.1. The van der Waals surface area contributed by atoms with Gasteiger partial charge in [0.25, 0.3) is 0 Å². The van der Waals surface area contributed by atoms with Crippen molar-refractivity contribution in [3.63, 3.8) is 0 Å². The van der Waals surface area contributed by atoms with Crippen LogP contribution in [0, 0.1) is 11.3 Å². The number of hydrogen-bond acceptors (Lipinski definition) is 3. The highest BCUT2D eigenvalue weighted by molar-refractivity contribution is 5.76. The number of rotatable bonds is 4. The molecule has 0 aromatic heterocycles. The smallest absolute Gasteiger partial charge is 0.317 e. The molecule has 2 aliphatic rings. The van der Waals surface area contributed by atoms with E-state index in [1.165, 1.54) is 0 Å². The Kier molecular flexibility index (Phi) is 5.08. The van der Waals surface area contributed by atoms with Gasteiger partial charge in [-0.2, -0.15) is 0 Å². The molecule has 0 aromatic rings. The van der Waals surface area contributed by atoms with E-state index < -0.39 is 11.4 Å². The molecule has 120 valence electrons. The number of likely N-dealkylation sites (tertiary alicyclic amines) is 2. The quantitative estimate of drug-likeness (QED) is 0.818. The van der Waals surface area contributed by atoms with Crippen LogP contribution in [0.4, 0.5) is 4.79 Å². The minimum Gasteiger partial charge on any atom is -0.481 e. The fraction of sp³-hybridized carbons (Fsp3) is 0.867. The zero-order valence-electron chi connectivity index (χ0n) is 13.1. The van der Waals surface area contributed by atoms with E-state index in [4.69, 9.17) is 0 Å². The summed E-state index contributed by atoms with van der Waals surface area (Å²) in [4.78, 5) is 27.5. The highest BCUT2D eigenvalue weighted by atomic mass is 16.4. The zero-order valence-corrected chi connectivity index (χ0v) is 13.1. The number of nitrogens with one attached hydrogen (secondary N) is 1. The summed E-state index contributed by atoms with van der Waals surface area (Å²) in [7, 11) is 0. The number of carboxylic acids is 1. The van der Waals surface area contributed by atoms with Crippen LogP contribution in [0.1, 0.15) is 33.1 Å². The number of carbonyl (C=O) groups is 2. The van der Waals surface area contributed by atoms with Crippen LogP contribution in [0.5, 0.6) is 0 Å². The lowest BCUT2D eigenvalue weighted by atomic mass is 9.80. The van der Waals surface area contributed by atoms with Gasteiger partial charge in [0.15, 0.2) is 0 Å². The summed E-state index contributed by atoms with van der Waals surface area (Å²) >= 11 is 0. The second-order valence-electron chi connectivity index (χ2n) is 6.59. The predicted molar refractivity (Wildman–Crippen MR) is 80.2 cm³/mol. The number of hydrogen-bond donors (Lipinski definition) is 2. The summed E-state index contributed by atoms with van der Waals surface area (Å²) < 4.78 is 0. The molecule has 2 rings (SSSR count). The third-order valence-electron chi connectivity index (χ3n) is 5.03. The van der Waals surface area contributed by atoms with Crippen LogP contribution in [0.2, 0.25) is 0 Å². The molecule has 0 saturated carbocycles. The van der Waals surface area contributed by atoms with Crippen molar-refractivity contribution in [3.05, 3.63) is 0 Å². The van der Waals surface area contributed by atoms with E-state index in [0.717, 1.165) is 32.6 Å². The van der Waals surface area contributed by atoms with Gasteiger partial charge in [0.2, 0.25) is 0 Å². The highest BCUT2D eigenvalue weighted by Gasteiger charge is 2.38. The van der Waals surface area contributed by atoms with Gasteiger partial charge in [-0.15, -0.1) is 0 Å². The minimum atomic E-state index is -0.756. The van der Waals surface area contributed by atoms with E-state index in [2.05, 4.69) is 17.1 Å². The second kappa shape index (κ2) is 6.64. The van der Waals surface area contributed by atoms with Crippen molar-refractivity contribution in [1.82, 2.24) is 15.1 Å². The van der Waals surface area contributed by atoms with Gasteiger partial charge < -0.3 is 20.2 Å². The van der Waals surface area contributed by atoms with Gasteiger partial charge in [0.05, 0.1) is 5.41 Å². The van der Waals surface area contributed by atoms with Crippen molar-refractivity contribution in [2.75, 3.05) is 39.3 Å². The van der Waals surface area contributed by atoms with Crippen LogP contribution in [0.25, 0.3) is 0 Å². The Morgan fingerprint density at radius 2 is 1.95 bits per heavy atom. The van der Waals surface area contributed by atoms with E-state index in [1.54, 1.807) is 11.8 Å². The number of aliphatic carboxylic acids is 1. The molecule has 0 bridgehead atoms. The zero-order chi connectivity index (χ0) is 15.5. The van der Waals surface area contributed by atoms with Gasteiger partial charge in [-0.25, -0.2) is 4.79 Å². The number of amides is 2. The molecule has 0 aliphatic carbocycles. The number of nitrogens with zero attached hydrogens (tertiary/aromatic N) is 2. The lowest BCUT2D eigenvalue weighted by molar-refractivity contribution is -0.150. The lowest BCUT2D eigenvalue weighted by Gasteiger charge is -2.36. The first-order valence-electron chi connectivity index (χ1n) is 7.93. The Morgan fingerprint density at radius 1 is 1.29 bits per heavy atom. The van der Waals surface area contributed by atoms with Gasteiger partial charge in [-0.05, 0) is 45.2 Å². The molecule has 0 spiro atoms. The summed E-state index contributed by atoms with van der Waals surface area (Å²) in [6.45, 7) is 8.97. The van der Waals surface area contributed by atoms with Crippen LogP contribution >= 0.6 is 0 Å². The first kappa shape index (κ1) is 16.1. The van der Waals surface area contributed by atoms with E-state index >= 15 is 0 Å². The Hall–Kier alpha value is -1.30. The topological polar surface area (TPSA) is 72.9 Å². The van der Waals surface area contributed by atoms with E-state index in [1.807, 2.05) is 0 Å². The summed E-state index contributed by atoms with van der Waals surface area (Å²) in [6, 6.07) is -0.0441. The third-order valence-corrected chi connectivity index (χ3v) is 5.03. The van der Waals surface area contributed by atoms with Crippen molar-refractivity contribution in [1.29, 1.82) is 0 Å². The van der Waals surface area contributed by atoms with E-state index in [9.17, 15) is 14.7 Å². The largest absolute Gasteiger partial charge is 0.481 e. The molecule has 21 heavy (non-hydrogen) atoms. The molecule has 2 amide bonds. The number of carboxylic acid groups (broad SMARTS) is 1. The standard InChI is InChI=1S/C15H27N3O3/c1-3-17-7-4-12(11-17)10-16-14(21)18-8-5-15(2,6-9-18)13(19)20/h12H,3-11H2,1-2H3,(H,16,21)(H,19,20).